The molecular weight excluding hydrogens is 781 g/mol. The summed E-state index contributed by atoms with van der Waals surface area (Å²) in [5.74, 6) is 0. The topological polar surface area (TPSA) is 34.5 Å². The second kappa shape index (κ2) is 14.5. The van der Waals surface area contributed by atoms with Crippen molar-refractivity contribution >= 4 is 82.7 Å². The third kappa shape index (κ3) is 5.70. The summed E-state index contributed by atoms with van der Waals surface area (Å²) >= 11 is 0. The minimum atomic E-state index is 0.852. The van der Waals surface area contributed by atoms with Gasteiger partial charge in [-0.25, -0.2) is 0 Å². The molecule has 300 valence electrons. The summed E-state index contributed by atoms with van der Waals surface area (Å²) in [5.41, 5.74) is 16.6. The van der Waals surface area contributed by atoms with Crippen LogP contribution in [0.4, 0.5) is 17.1 Å². The lowest BCUT2D eigenvalue weighted by molar-refractivity contribution is 0.669. The minimum Gasteiger partial charge on any atom is -0.456 e. The molecule has 4 heteroatoms. The molecule has 0 aliphatic carbocycles. The first-order valence-corrected chi connectivity index (χ1v) is 21.7. The van der Waals surface area contributed by atoms with Crippen molar-refractivity contribution < 1.29 is 8.83 Å². The standard InChI is InChI=1S/C60H38N2O2/c1-2-16-39(17-3-1)40-32-34-42(35-33-40)61(43-19-14-18-41(36-43)45-25-15-31-58-59(45)50-24-8-13-30-57(50)63-58)44-37-51(60-52(38-44)49-23-7-12-29-56(49)64-60)48-22-6-11-28-55(48)62-53-26-9-4-20-46(53)47-21-5-10-27-54(47)62/h1-38H. The normalized spacial score (nSPS) is 11.8. The summed E-state index contributed by atoms with van der Waals surface area (Å²) in [7, 11) is 0. The van der Waals surface area contributed by atoms with Crippen LogP contribution in [0.25, 0.3) is 105 Å². The van der Waals surface area contributed by atoms with Crippen LogP contribution in [0.3, 0.4) is 0 Å². The van der Waals surface area contributed by atoms with Crippen LogP contribution in [0.5, 0.6) is 0 Å². The van der Waals surface area contributed by atoms with Gasteiger partial charge in [-0.1, -0.05) is 158 Å². The highest BCUT2D eigenvalue weighted by Gasteiger charge is 2.23. The number of hydrogen-bond acceptors (Lipinski definition) is 3. The van der Waals surface area contributed by atoms with E-state index in [9.17, 15) is 0 Å². The monoisotopic (exact) mass is 818 g/mol. The number of aromatic nitrogens is 1. The van der Waals surface area contributed by atoms with Crippen LogP contribution in [-0.2, 0) is 0 Å². The molecule has 0 unspecified atom stereocenters. The van der Waals surface area contributed by atoms with E-state index in [-0.39, 0.29) is 0 Å². The van der Waals surface area contributed by atoms with Crippen molar-refractivity contribution in [3.05, 3.63) is 231 Å². The van der Waals surface area contributed by atoms with Crippen molar-refractivity contribution in [2.45, 2.75) is 0 Å². The molecule has 13 aromatic rings. The average Bonchev–Trinajstić information content (AvgIpc) is 4.04. The van der Waals surface area contributed by atoms with E-state index in [0.29, 0.717) is 0 Å². The van der Waals surface area contributed by atoms with Gasteiger partial charge < -0.3 is 18.3 Å². The Balaban J connectivity index is 1.07. The molecule has 4 nitrogen and oxygen atoms in total. The third-order valence-corrected chi connectivity index (χ3v) is 12.8. The molecule has 0 fully saturated rings. The van der Waals surface area contributed by atoms with E-state index >= 15 is 0 Å². The SMILES string of the molecule is c1ccc(-c2ccc(N(c3cccc(-c4cccc5oc6ccccc6c45)c3)c3cc(-c4ccccc4-n4c5ccccc5c5ccccc54)c4oc5ccccc5c4c3)cc2)cc1. The fourth-order valence-corrected chi connectivity index (χ4v) is 9.93. The first-order chi connectivity index (χ1) is 31.7. The lowest BCUT2D eigenvalue weighted by Crippen LogP contribution is -2.10. The van der Waals surface area contributed by atoms with Gasteiger partial charge in [-0.3, -0.25) is 0 Å². The lowest BCUT2D eigenvalue weighted by atomic mass is 9.97. The van der Waals surface area contributed by atoms with Crippen LogP contribution in [0.2, 0.25) is 0 Å². The maximum Gasteiger partial charge on any atom is 0.143 e. The Kier molecular flexibility index (Phi) is 8.18. The average molecular weight is 819 g/mol. The zero-order valence-corrected chi connectivity index (χ0v) is 34.7. The van der Waals surface area contributed by atoms with Crippen molar-refractivity contribution in [3.8, 4) is 39.1 Å². The Morgan fingerprint density at radius 3 is 1.67 bits per heavy atom. The van der Waals surface area contributed by atoms with Gasteiger partial charge in [0.2, 0.25) is 0 Å². The highest BCUT2D eigenvalue weighted by Crippen LogP contribution is 2.47. The minimum absolute atomic E-state index is 0.852. The summed E-state index contributed by atoms with van der Waals surface area (Å²) < 4.78 is 15.7. The number of nitrogens with zero attached hydrogens (tertiary/aromatic N) is 2. The smallest absolute Gasteiger partial charge is 0.143 e. The second-order valence-corrected chi connectivity index (χ2v) is 16.4. The number of rotatable bonds is 7. The highest BCUT2D eigenvalue weighted by atomic mass is 16.3. The van der Waals surface area contributed by atoms with Crippen LogP contribution in [0.15, 0.2) is 239 Å². The molecule has 10 aromatic carbocycles. The van der Waals surface area contributed by atoms with Crippen LogP contribution < -0.4 is 4.90 Å². The van der Waals surface area contributed by atoms with Gasteiger partial charge in [-0.15, -0.1) is 0 Å². The van der Waals surface area contributed by atoms with Gasteiger partial charge in [0, 0.05) is 60.5 Å². The van der Waals surface area contributed by atoms with Gasteiger partial charge in [0.1, 0.15) is 22.3 Å². The molecule has 3 aromatic heterocycles. The fourth-order valence-electron chi connectivity index (χ4n) is 9.93. The van der Waals surface area contributed by atoms with Crippen molar-refractivity contribution in [2.75, 3.05) is 4.90 Å². The molecule has 0 aliphatic heterocycles. The Hall–Kier alpha value is -8.60. The number of fused-ring (bicyclic) bond motifs is 9. The van der Waals surface area contributed by atoms with Gasteiger partial charge in [-0.05, 0) is 95.1 Å². The first kappa shape index (κ1) is 36.1. The molecule has 0 saturated carbocycles. The number of para-hydroxylation sites is 5. The van der Waals surface area contributed by atoms with E-state index in [1.165, 1.54) is 16.3 Å². The largest absolute Gasteiger partial charge is 0.456 e. The third-order valence-electron chi connectivity index (χ3n) is 12.8. The van der Waals surface area contributed by atoms with Crippen LogP contribution in [-0.4, -0.2) is 4.57 Å². The maximum atomic E-state index is 6.90. The molecular formula is C60H38N2O2. The predicted molar refractivity (Wildman–Crippen MR) is 266 cm³/mol. The quantitative estimate of drug-likeness (QED) is 0.161. The number of furan rings is 2. The van der Waals surface area contributed by atoms with Crippen molar-refractivity contribution in [3.63, 3.8) is 0 Å². The van der Waals surface area contributed by atoms with Gasteiger partial charge in [0.25, 0.3) is 0 Å². The molecule has 0 bridgehead atoms. The lowest BCUT2D eigenvalue weighted by Gasteiger charge is -2.27. The van der Waals surface area contributed by atoms with Gasteiger partial charge in [0.15, 0.2) is 0 Å². The summed E-state index contributed by atoms with van der Waals surface area (Å²) in [6.07, 6.45) is 0. The van der Waals surface area contributed by atoms with E-state index in [2.05, 4.69) is 222 Å². The van der Waals surface area contributed by atoms with E-state index < -0.39 is 0 Å². The molecule has 0 atom stereocenters. The van der Waals surface area contributed by atoms with Crippen molar-refractivity contribution in [2.24, 2.45) is 0 Å². The van der Waals surface area contributed by atoms with Crippen molar-refractivity contribution in [1.29, 1.82) is 0 Å². The van der Waals surface area contributed by atoms with E-state index in [4.69, 9.17) is 8.83 Å². The first-order valence-electron chi connectivity index (χ1n) is 21.7. The van der Waals surface area contributed by atoms with Gasteiger partial charge in [-0.2, -0.15) is 0 Å². The summed E-state index contributed by atoms with van der Waals surface area (Å²) in [6.45, 7) is 0. The molecule has 64 heavy (non-hydrogen) atoms. The zero-order valence-electron chi connectivity index (χ0n) is 34.7. The number of anilines is 3. The molecule has 0 amide bonds. The molecule has 0 spiro atoms. The fraction of sp³-hybridized carbons (Fsp3) is 0. The molecule has 0 N–H and O–H groups in total. The Labute approximate surface area is 369 Å². The van der Waals surface area contributed by atoms with Gasteiger partial charge >= 0.3 is 0 Å². The zero-order chi connectivity index (χ0) is 42.1. The van der Waals surface area contributed by atoms with Crippen LogP contribution in [0.1, 0.15) is 0 Å². The van der Waals surface area contributed by atoms with E-state index in [1.807, 2.05) is 18.2 Å². The second-order valence-electron chi connectivity index (χ2n) is 16.4. The number of benzene rings is 10. The molecule has 0 aliphatic rings. The molecule has 0 radical (unpaired) electrons. The Bertz CT molecular complexity index is 3860. The van der Waals surface area contributed by atoms with Crippen molar-refractivity contribution in [1.82, 2.24) is 4.57 Å². The molecule has 0 saturated heterocycles. The maximum absolute atomic E-state index is 6.90. The van der Waals surface area contributed by atoms with E-state index in [0.717, 1.165) is 105 Å². The summed E-state index contributed by atoms with van der Waals surface area (Å²) in [5, 5.41) is 6.79. The molecule has 13 rings (SSSR count). The Morgan fingerprint density at radius 2 is 0.891 bits per heavy atom. The summed E-state index contributed by atoms with van der Waals surface area (Å²) in [4.78, 5) is 2.39. The van der Waals surface area contributed by atoms with Gasteiger partial charge in [0.05, 0.1) is 16.7 Å². The Morgan fingerprint density at radius 1 is 0.312 bits per heavy atom. The van der Waals surface area contributed by atoms with Crippen LogP contribution >= 0.6 is 0 Å². The predicted octanol–water partition coefficient (Wildman–Crippen LogP) is 17.1. The van der Waals surface area contributed by atoms with E-state index in [1.54, 1.807) is 0 Å². The number of hydrogen-bond donors (Lipinski definition) is 0. The molecule has 3 heterocycles. The van der Waals surface area contributed by atoms with Crippen LogP contribution in [0, 0.1) is 0 Å². The highest BCUT2D eigenvalue weighted by molar-refractivity contribution is 6.15. The summed E-state index contributed by atoms with van der Waals surface area (Å²) in [6, 6.07) is 82.2.